The zero-order valence-corrected chi connectivity index (χ0v) is 13.4. The number of anilines is 1. The average Bonchev–Trinajstić information content (AvgIpc) is 2.94. The van der Waals surface area contributed by atoms with Gasteiger partial charge >= 0.3 is 0 Å². The minimum atomic E-state index is -0.608. The molecule has 1 aromatic carbocycles. The quantitative estimate of drug-likeness (QED) is 0.449. The van der Waals surface area contributed by atoms with Gasteiger partial charge in [0.1, 0.15) is 16.7 Å². The van der Waals surface area contributed by atoms with Gasteiger partial charge in [0.2, 0.25) is 5.82 Å². The number of H-pyrrole nitrogens is 1. The Bertz CT molecular complexity index is 710. The lowest BCUT2D eigenvalue weighted by molar-refractivity contribution is 0.622. The zero-order chi connectivity index (χ0) is 14.7. The second kappa shape index (κ2) is 6.30. The summed E-state index contributed by atoms with van der Waals surface area (Å²) in [6.07, 6.45) is 1.31. The van der Waals surface area contributed by atoms with Gasteiger partial charge in [-0.1, -0.05) is 11.6 Å². The number of benzene rings is 1. The topological polar surface area (TPSA) is 90.3 Å². The highest BCUT2D eigenvalue weighted by Crippen LogP contribution is 2.37. The number of aromatic amines is 1. The average molecular weight is 422 g/mol. The Morgan fingerprint density at radius 3 is 2.85 bits per heavy atom. The van der Waals surface area contributed by atoms with E-state index in [1.165, 1.54) is 12.3 Å². The van der Waals surface area contributed by atoms with Crippen LogP contribution >= 0.6 is 43.5 Å². The molecule has 2 rings (SSSR count). The summed E-state index contributed by atoms with van der Waals surface area (Å²) in [5.74, 6) is -0.492. The number of aromatic nitrogens is 4. The summed E-state index contributed by atoms with van der Waals surface area (Å²) >= 11 is 12.2. The van der Waals surface area contributed by atoms with Gasteiger partial charge in [-0.25, -0.2) is 4.39 Å². The molecule has 0 saturated carbocycles. The van der Waals surface area contributed by atoms with E-state index in [2.05, 4.69) is 57.8 Å². The SMILES string of the molecule is N#CC(=CNc1c(Br)cc(Br)c(F)c1Cl)c1nn[nH]n1. The summed E-state index contributed by atoms with van der Waals surface area (Å²) in [6, 6.07) is 3.39. The van der Waals surface area contributed by atoms with Crippen molar-refractivity contribution in [3.8, 4) is 6.07 Å². The van der Waals surface area contributed by atoms with Crippen molar-refractivity contribution in [2.75, 3.05) is 5.32 Å². The lowest BCUT2D eigenvalue weighted by Gasteiger charge is -2.09. The number of tetrazole rings is 1. The molecule has 0 spiro atoms. The van der Waals surface area contributed by atoms with Crippen molar-refractivity contribution < 1.29 is 4.39 Å². The first-order chi connectivity index (χ1) is 9.54. The van der Waals surface area contributed by atoms with E-state index < -0.39 is 5.82 Å². The predicted molar refractivity (Wildman–Crippen MR) is 78.2 cm³/mol. The van der Waals surface area contributed by atoms with Crippen LogP contribution in [0.2, 0.25) is 5.02 Å². The molecule has 0 amide bonds. The largest absolute Gasteiger partial charge is 0.358 e. The lowest BCUT2D eigenvalue weighted by atomic mass is 10.3. The number of nitriles is 1. The van der Waals surface area contributed by atoms with E-state index in [1.807, 2.05) is 6.07 Å². The Morgan fingerprint density at radius 1 is 1.50 bits per heavy atom. The van der Waals surface area contributed by atoms with Gasteiger partial charge in [-0.2, -0.15) is 10.5 Å². The maximum Gasteiger partial charge on any atom is 0.216 e. The van der Waals surface area contributed by atoms with Crippen molar-refractivity contribution in [1.29, 1.82) is 5.26 Å². The second-order valence-electron chi connectivity index (χ2n) is 3.39. The molecule has 0 unspecified atom stereocenters. The molecular weight excluding hydrogens is 418 g/mol. The van der Waals surface area contributed by atoms with Crippen LogP contribution in [-0.2, 0) is 0 Å². The third kappa shape index (κ3) is 2.98. The molecule has 20 heavy (non-hydrogen) atoms. The Kier molecular flexibility index (Phi) is 4.69. The van der Waals surface area contributed by atoms with Gasteiger partial charge in [0, 0.05) is 10.7 Å². The van der Waals surface area contributed by atoms with Crippen LogP contribution < -0.4 is 5.32 Å². The molecule has 1 heterocycles. The Labute approximate surface area is 134 Å². The molecular formula is C10H4Br2ClFN6. The van der Waals surface area contributed by atoms with E-state index in [4.69, 9.17) is 16.9 Å². The maximum atomic E-state index is 13.7. The molecule has 102 valence electrons. The third-order valence-corrected chi connectivity index (χ3v) is 3.74. The molecule has 1 aromatic heterocycles. The first-order valence-corrected chi connectivity index (χ1v) is 6.94. The van der Waals surface area contributed by atoms with Crippen LogP contribution in [0.3, 0.4) is 0 Å². The molecule has 0 bridgehead atoms. The fourth-order valence-electron chi connectivity index (χ4n) is 1.27. The van der Waals surface area contributed by atoms with E-state index in [9.17, 15) is 4.39 Å². The zero-order valence-electron chi connectivity index (χ0n) is 9.46. The Morgan fingerprint density at radius 2 is 2.25 bits per heavy atom. The molecule has 2 aromatic rings. The van der Waals surface area contributed by atoms with Crippen molar-refractivity contribution >= 4 is 54.7 Å². The highest BCUT2D eigenvalue weighted by molar-refractivity contribution is 9.11. The number of hydrogen-bond donors (Lipinski definition) is 2. The van der Waals surface area contributed by atoms with Gasteiger partial charge in [0.15, 0.2) is 5.82 Å². The van der Waals surface area contributed by atoms with Crippen molar-refractivity contribution in [2.24, 2.45) is 0 Å². The van der Waals surface area contributed by atoms with Gasteiger partial charge in [-0.05, 0) is 43.1 Å². The van der Waals surface area contributed by atoms with Crippen molar-refractivity contribution in [3.05, 3.63) is 37.9 Å². The predicted octanol–water partition coefficient (Wildman–Crippen LogP) is 3.49. The number of nitrogens with one attached hydrogen (secondary N) is 2. The highest BCUT2D eigenvalue weighted by atomic mass is 79.9. The normalized spacial score (nSPS) is 11.2. The highest BCUT2D eigenvalue weighted by Gasteiger charge is 2.14. The van der Waals surface area contributed by atoms with Crippen molar-refractivity contribution in [3.63, 3.8) is 0 Å². The van der Waals surface area contributed by atoms with E-state index >= 15 is 0 Å². The van der Waals surface area contributed by atoms with Gasteiger partial charge in [-0.15, -0.1) is 10.2 Å². The lowest BCUT2D eigenvalue weighted by Crippen LogP contribution is -1.96. The standard InChI is InChI=1S/C10H4Br2ClFN6/c11-5-1-6(12)9(7(13)8(5)14)16-3-4(2-15)10-17-19-20-18-10/h1,3,16H,(H,17,18,19,20). The number of allylic oxidation sites excluding steroid dienone is 1. The van der Waals surface area contributed by atoms with Crippen LogP contribution in [0.15, 0.2) is 21.2 Å². The third-order valence-electron chi connectivity index (χ3n) is 2.18. The first-order valence-electron chi connectivity index (χ1n) is 4.98. The Hall–Kier alpha value is -1.50. The molecule has 0 radical (unpaired) electrons. The molecule has 2 N–H and O–H groups in total. The summed E-state index contributed by atoms with van der Waals surface area (Å²) in [4.78, 5) is 0. The smallest absolute Gasteiger partial charge is 0.216 e. The minimum Gasteiger partial charge on any atom is -0.358 e. The fourth-order valence-corrected chi connectivity index (χ4v) is 3.03. The van der Waals surface area contributed by atoms with Crippen LogP contribution in [0.4, 0.5) is 10.1 Å². The van der Waals surface area contributed by atoms with Crippen LogP contribution in [0.1, 0.15) is 5.82 Å². The van der Waals surface area contributed by atoms with Crippen molar-refractivity contribution in [2.45, 2.75) is 0 Å². The van der Waals surface area contributed by atoms with E-state index in [1.54, 1.807) is 0 Å². The molecule has 10 heteroatoms. The number of hydrogen-bond acceptors (Lipinski definition) is 5. The summed E-state index contributed by atoms with van der Waals surface area (Å²) in [6.45, 7) is 0. The van der Waals surface area contributed by atoms with Crippen LogP contribution in [0.5, 0.6) is 0 Å². The summed E-state index contributed by atoms with van der Waals surface area (Å²) in [7, 11) is 0. The summed E-state index contributed by atoms with van der Waals surface area (Å²) < 4.78 is 14.4. The Balaban J connectivity index is 2.36. The van der Waals surface area contributed by atoms with Gasteiger partial charge in [-0.3, -0.25) is 0 Å². The molecule has 0 aliphatic rings. The number of rotatable bonds is 3. The molecule has 0 saturated heterocycles. The van der Waals surface area contributed by atoms with Crippen LogP contribution in [0.25, 0.3) is 5.57 Å². The maximum absolute atomic E-state index is 13.7. The number of halogens is 4. The van der Waals surface area contributed by atoms with E-state index in [0.29, 0.717) is 4.47 Å². The molecule has 6 nitrogen and oxygen atoms in total. The second-order valence-corrected chi connectivity index (χ2v) is 5.48. The minimum absolute atomic E-state index is 0.116. The molecule has 0 aliphatic heterocycles. The van der Waals surface area contributed by atoms with Crippen LogP contribution in [0, 0.1) is 17.1 Å². The molecule has 0 atom stereocenters. The van der Waals surface area contributed by atoms with Gasteiger partial charge in [0.05, 0.1) is 10.2 Å². The summed E-state index contributed by atoms with van der Waals surface area (Å²) in [5, 5.41) is 24.6. The first kappa shape index (κ1) is 14.9. The van der Waals surface area contributed by atoms with Crippen molar-refractivity contribution in [1.82, 2.24) is 20.6 Å². The fraction of sp³-hybridized carbons (Fsp3) is 0. The molecule has 0 aliphatic carbocycles. The summed E-state index contributed by atoms with van der Waals surface area (Å²) in [5.41, 5.74) is 0.397. The molecule has 0 fully saturated rings. The van der Waals surface area contributed by atoms with Gasteiger partial charge in [0.25, 0.3) is 0 Å². The van der Waals surface area contributed by atoms with E-state index in [-0.39, 0.29) is 26.6 Å². The monoisotopic (exact) mass is 420 g/mol. The van der Waals surface area contributed by atoms with Crippen LogP contribution in [-0.4, -0.2) is 20.6 Å². The van der Waals surface area contributed by atoms with Gasteiger partial charge < -0.3 is 5.32 Å². The number of nitrogens with zero attached hydrogens (tertiary/aromatic N) is 4. The van der Waals surface area contributed by atoms with E-state index in [0.717, 1.165) is 0 Å².